The number of hydrogen-bond donors (Lipinski definition) is 1. The van der Waals surface area contributed by atoms with Gasteiger partial charge in [-0.1, -0.05) is 5.16 Å². The first-order chi connectivity index (χ1) is 8.19. The van der Waals surface area contributed by atoms with Crippen LogP contribution in [0.2, 0.25) is 0 Å². The molecule has 96 valence electrons. The molecule has 2 N–H and O–H groups in total. The third-order valence-electron chi connectivity index (χ3n) is 3.69. The molecule has 2 rings (SSSR count). The molecule has 1 aromatic rings. The zero-order valence-corrected chi connectivity index (χ0v) is 10.9. The summed E-state index contributed by atoms with van der Waals surface area (Å²) in [5, 5.41) is 3.93. The van der Waals surface area contributed by atoms with Gasteiger partial charge in [0.2, 0.25) is 0 Å². The Morgan fingerprint density at radius 1 is 1.47 bits per heavy atom. The quantitative estimate of drug-likeness (QED) is 0.867. The fraction of sp³-hybridized carbons (Fsp3) is 0.769. The summed E-state index contributed by atoms with van der Waals surface area (Å²) in [5.74, 6) is 1.73. The highest BCUT2D eigenvalue weighted by Crippen LogP contribution is 2.23. The van der Waals surface area contributed by atoms with Crippen molar-refractivity contribution in [3.63, 3.8) is 0 Å². The van der Waals surface area contributed by atoms with Crippen molar-refractivity contribution in [3.05, 3.63) is 17.5 Å². The maximum Gasteiger partial charge on any atom is 0.137 e. The van der Waals surface area contributed by atoms with Crippen molar-refractivity contribution in [1.29, 1.82) is 0 Å². The molecule has 0 radical (unpaired) electrons. The number of rotatable bonds is 4. The number of likely N-dealkylation sites (tertiary alicyclic amines) is 1. The Kier molecular flexibility index (Phi) is 4.18. The van der Waals surface area contributed by atoms with Gasteiger partial charge in [-0.2, -0.15) is 0 Å². The van der Waals surface area contributed by atoms with Crippen molar-refractivity contribution in [2.45, 2.75) is 45.7 Å². The lowest BCUT2D eigenvalue weighted by molar-refractivity contribution is 0.145. The molecule has 0 bridgehead atoms. The topological polar surface area (TPSA) is 55.3 Å². The molecule has 0 saturated carbocycles. The molecule has 1 fully saturated rings. The van der Waals surface area contributed by atoms with Crippen LogP contribution in [0.1, 0.15) is 38.1 Å². The van der Waals surface area contributed by atoms with E-state index in [1.807, 2.05) is 6.07 Å². The first-order valence-corrected chi connectivity index (χ1v) is 6.57. The average molecular weight is 237 g/mol. The van der Waals surface area contributed by atoms with Crippen LogP contribution < -0.4 is 5.73 Å². The van der Waals surface area contributed by atoms with Gasteiger partial charge in [-0.15, -0.1) is 0 Å². The van der Waals surface area contributed by atoms with E-state index >= 15 is 0 Å². The lowest BCUT2D eigenvalue weighted by Gasteiger charge is -2.34. The zero-order chi connectivity index (χ0) is 12.3. The van der Waals surface area contributed by atoms with Gasteiger partial charge in [-0.05, 0) is 45.7 Å². The van der Waals surface area contributed by atoms with Crippen molar-refractivity contribution in [3.8, 4) is 0 Å². The summed E-state index contributed by atoms with van der Waals surface area (Å²) in [6, 6.07) is 2.67. The molecule has 4 heteroatoms. The van der Waals surface area contributed by atoms with E-state index in [0.717, 1.165) is 23.8 Å². The van der Waals surface area contributed by atoms with Crippen molar-refractivity contribution >= 4 is 0 Å². The minimum absolute atomic E-state index is 0.468. The van der Waals surface area contributed by atoms with E-state index in [2.05, 4.69) is 23.9 Å². The lowest BCUT2D eigenvalue weighted by atomic mass is 9.92. The largest absolute Gasteiger partial charge is 0.361 e. The van der Waals surface area contributed by atoms with E-state index in [0.29, 0.717) is 12.6 Å². The Bertz CT molecular complexity index is 340. The molecular weight excluding hydrogens is 214 g/mol. The molecule has 2 heterocycles. The number of aromatic nitrogens is 1. The Morgan fingerprint density at radius 2 is 2.18 bits per heavy atom. The molecule has 0 aromatic carbocycles. The monoisotopic (exact) mass is 237 g/mol. The van der Waals surface area contributed by atoms with E-state index in [9.17, 15) is 0 Å². The summed E-state index contributed by atoms with van der Waals surface area (Å²) >= 11 is 0. The van der Waals surface area contributed by atoms with Gasteiger partial charge in [0.25, 0.3) is 0 Å². The first-order valence-electron chi connectivity index (χ1n) is 6.57. The molecule has 17 heavy (non-hydrogen) atoms. The second-order valence-electron chi connectivity index (χ2n) is 5.27. The van der Waals surface area contributed by atoms with Crippen LogP contribution in [0.15, 0.2) is 10.6 Å². The Hall–Kier alpha value is -0.870. The molecule has 0 aliphatic carbocycles. The van der Waals surface area contributed by atoms with Crippen LogP contribution in [0.4, 0.5) is 0 Å². The molecule has 0 atom stereocenters. The Morgan fingerprint density at radius 3 is 2.71 bits per heavy atom. The van der Waals surface area contributed by atoms with Crippen LogP contribution in [0.5, 0.6) is 0 Å². The van der Waals surface area contributed by atoms with Crippen LogP contribution in [0.25, 0.3) is 0 Å². The van der Waals surface area contributed by atoms with Gasteiger partial charge in [-0.25, -0.2) is 0 Å². The average Bonchev–Trinajstić information content (AvgIpc) is 2.77. The molecule has 1 aliphatic heterocycles. The lowest BCUT2D eigenvalue weighted by Crippen LogP contribution is -2.38. The summed E-state index contributed by atoms with van der Waals surface area (Å²) in [4.78, 5) is 2.54. The number of nitrogens with zero attached hydrogens (tertiary/aromatic N) is 2. The summed E-state index contributed by atoms with van der Waals surface area (Å²) in [5.41, 5.74) is 6.38. The second-order valence-corrected chi connectivity index (χ2v) is 5.27. The third-order valence-corrected chi connectivity index (χ3v) is 3.69. The molecule has 0 spiro atoms. The molecular formula is C13H23N3O. The minimum Gasteiger partial charge on any atom is -0.361 e. The van der Waals surface area contributed by atoms with Crippen molar-refractivity contribution in [2.75, 3.05) is 13.1 Å². The molecule has 1 aromatic heterocycles. The van der Waals surface area contributed by atoms with Crippen LogP contribution in [0, 0.1) is 5.92 Å². The van der Waals surface area contributed by atoms with Gasteiger partial charge in [0.15, 0.2) is 0 Å². The van der Waals surface area contributed by atoms with E-state index in [1.165, 1.54) is 25.9 Å². The third kappa shape index (κ3) is 3.30. The van der Waals surface area contributed by atoms with Crippen molar-refractivity contribution < 1.29 is 4.52 Å². The van der Waals surface area contributed by atoms with E-state index in [-0.39, 0.29) is 0 Å². The maximum atomic E-state index is 5.52. The summed E-state index contributed by atoms with van der Waals surface area (Å²) in [6.07, 6.45) is 3.53. The summed E-state index contributed by atoms with van der Waals surface area (Å²) in [7, 11) is 0. The predicted octanol–water partition coefficient (Wildman–Crippen LogP) is 1.80. The van der Waals surface area contributed by atoms with Gasteiger partial charge < -0.3 is 15.2 Å². The summed E-state index contributed by atoms with van der Waals surface area (Å²) < 4.78 is 5.29. The van der Waals surface area contributed by atoms with Crippen molar-refractivity contribution in [1.82, 2.24) is 10.1 Å². The fourth-order valence-electron chi connectivity index (χ4n) is 2.51. The van der Waals surface area contributed by atoms with E-state index in [1.54, 1.807) is 0 Å². The van der Waals surface area contributed by atoms with Gasteiger partial charge in [0, 0.05) is 25.1 Å². The number of nitrogens with two attached hydrogens (primary N) is 1. The van der Waals surface area contributed by atoms with Gasteiger partial charge >= 0.3 is 0 Å². The Labute approximate surface area is 103 Å². The fourth-order valence-corrected chi connectivity index (χ4v) is 2.51. The standard InChI is InChI=1S/C13H23N3O/c1-10(2)16-5-3-11(4-6-16)7-13-8-12(9-14)15-17-13/h8,10-11H,3-7,9,14H2,1-2H3. The van der Waals surface area contributed by atoms with Gasteiger partial charge in [0.05, 0.1) is 5.69 Å². The van der Waals surface area contributed by atoms with Crippen LogP contribution in [-0.4, -0.2) is 29.2 Å². The van der Waals surface area contributed by atoms with E-state index < -0.39 is 0 Å². The molecule has 1 aliphatic rings. The predicted molar refractivity (Wildman–Crippen MR) is 67.5 cm³/mol. The smallest absolute Gasteiger partial charge is 0.137 e. The second kappa shape index (κ2) is 5.65. The number of piperidine rings is 1. The number of hydrogen-bond acceptors (Lipinski definition) is 4. The molecule has 0 unspecified atom stereocenters. The van der Waals surface area contributed by atoms with Gasteiger partial charge in [-0.3, -0.25) is 0 Å². The highest BCUT2D eigenvalue weighted by molar-refractivity contribution is 5.05. The first kappa shape index (κ1) is 12.6. The highest BCUT2D eigenvalue weighted by atomic mass is 16.5. The van der Waals surface area contributed by atoms with Crippen LogP contribution in [-0.2, 0) is 13.0 Å². The molecule has 1 saturated heterocycles. The molecule has 4 nitrogen and oxygen atoms in total. The van der Waals surface area contributed by atoms with Crippen molar-refractivity contribution in [2.24, 2.45) is 11.7 Å². The zero-order valence-electron chi connectivity index (χ0n) is 10.9. The minimum atomic E-state index is 0.468. The maximum absolute atomic E-state index is 5.52. The van der Waals surface area contributed by atoms with E-state index in [4.69, 9.17) is 10.3 Å². The molecule has 0 amide bonds. The Balaban J connectivity index is 1.81. The van der Waals surface area contributed by atoms with Gasteiger partial charge in [0.1, 0.15) is 5.76 Å². The highest BCUT2D eigenvalue weighted by Gasteiger charge is 2.22. The SMILES string of the molecule is CC(C)N1CCC(Cc2cc(CN)no2)CC1. The van der Waals surface area contributed by atoms with Crippen LogP contribution >= 0.6 is 0 Å². The van der Waals surface area contributed by atoms with Crippen LogP contribution in [0.3, 0.4) is 0 Å². The normalized spacial score (nSPS) is 19.1. The summed E-state index contributed by atoms with van der Waals surface area (Å²) in [6.45, 7) is 7.42.